The number of hydrogen-bond donors (Lipinski definition) is 2. The topological polar surface area (TPSA) is 113 Å². The van der Waals surface area contributed by atoms with Gasteiger partial charge in [-0.2, -0.15) is 0 Å². The number of anilines is 1. The van der Waals surface area contributed by atoms with E-state index in [1.807, 2.05) is 0 Å². The lowest BCUT2D eigenvalue weighted by Crippen LogP contribution is -2.33. The van der Waals surface area contributed by atoms with Gasteiger partial charge in [0.2, 0.25) is 11.8 Å². The quantitative estimate of drug-likeness (QED) is 0.618. The third-order valence-corrected chi connectivity index (χ3v) is 4.64. The van der Waals surface area contributed by atoms with Crippen LogP contribution in [0.15, 0.2) is 12.2 Å². The van der Waals surface area contributed by atoms with Crippen molar-refractivity contribution in [2.24, 2.45) is 0 Å². The molecule has 0 radical (unpaired) electrons. The fraction of sp³-hybridized carbons (Fsp3) is 0.333. The molecule has 0 aromatic carbocycles. The second-order valence-corrected chi connectivity index (χ2v) is 6.16. The maximum Gasteiger partial charge on any atom is 0.341 e. The highest BCUT2D eigenvalue weighted by molar-refractivity contribution is 7.17. The van der Waals surface area contributed by atoms with E-state index in [9.17, 15) is 19.2 Å². The average molecular weight is 352 g/mol. The summed E-state index contributed by atoms with van der Waals surface area (Å²) in [6.45, 7) is 2.31. The molecule has 2 heterocycles. The van der Waals surface area contributed by atoms with Crippen LogP contribution in [0, 0.1) is 0 Å². The van der Waals surface area contributed by atoms with Gasteiger partial charge in [0, 0.05) is 30.5 Å². The lowest BCUT2D eigenvalue weighted by molar-refractivity contribution is -0.132. The highest BCUT2D eigenvalue weighted by Crippen LogP contribution is 2.37. The number of esters is 1. The summed E-state index contributed by atoms with van der Waals surface area (Å²) in [5.74, 6) is -2.56. The average Bonchev–Trinajstić information content (AvgIpc) is 2.88. The van der Waals surface area contributed by atoms with Crippen LogP contribution >= 0.6 is 11.3 Å². The number of methoxy groups -OCH3 is 1. The minimum Gasteiger partial charge on any atom is -0.478 e. The summed E-state index contributed by atoms with van der Waals surface area (Å²) in [5.41, 5.74) is 1.01. The maximum absolute atomic E-state index is 12.1. The summed E-state index contributed by atoms with van der Waals surface area (Å²) in [4.78, 5) is 48.3. The van der Waals surface area contributed by atoms with E-state index in [0.717, 1.165) is 16.5 Å². The van der Waals surface area contributed by atoms with Gasteiger partial charge in [0.15, 0.2) is 0 Å². The number of carboxylic acids is 1. The zero-order chi connectivity index (χ0) is 17.9. The van der Waals surface area contributed by atoms with Crippen molar-refractivity contribution in [3.05, 3.63) is 28.2 Å². The third kappa shape index (κ3) is 3.80. The van der Waals surface area contributed by atoms with E-state index in [-0.39, 0.29) is 16.5 Å². The van der Waals surface area contributed by atoms with Gasteiger partial charge < -0.3 is 20.1 Å². The summed E-state index contributed by atoms with van der Waals surface area (Å²) in [6, 6.07) is 0. The first-order chi connectivity index (χ1) is 11.3. The van der Waals surface area contributed by atoms with E-state index in [2.05, 4.69) is 5.32 Å². The number of carbonyl (C=O) groups is 4. The van der Waals surface area contributed by atoms with Crippen molar-refractivity contribution in [3.8, 4) is 0 Å². The number of rotatable bonds is 4. The van der Waals surface area contributed by atoms with Crippen LogP contribution < -0.4 is 5.32 Å². The van der Waals surface area contributed by atoms with Crippen molar-refractivity contribution in [1.82, 2.24) is 4.90 Å². The molecule has 1 aliphatic rings. The summed E-state index contributed by atoms with van der Waals surface area (Å²) < 4.78 is 4.78. The van der Waals surface area contributed by atoms with Gasteiger partial charge >= 0.3 is 11.9 Å². The normalized spacial score (nSPS) is 13.5. The van der Waals surface area contributed by atoms with Gasteiger partial charge in [-0.05, 0) is 12.0 Å². The fourth-order valence-corrected chi connectivity index (χ4v) is 3.63. The lowest BCUT2D eigenvalue weighted by Gasteiger charge is -2.25. The molecule has 128 valence electrons. The number of hydrogen-bond acceptors (Lipinski definition) is 6. The number of ether oxygens (including phenoxy) is 1. The molecule has 0 spiro atoms. The van der Waals surface area contributed by atoms with Crippen molar-refractivity contribution in [1.29, 1.82) is 0 Å². The first-order valence-electron chi connectivity index (χ1n) is 7.03. The number of thiophene rings is 1. The van der Waals surface area contributed by atoms with Crippen LogP contribution in [0.5, 0.6) is 0 Å². The van der Waals surface area contributed by atoms with Crippen LogP contribution in [0.3, 0.4) is 0 Å². The van der Waals surface area contributed by atoms with Gasteiger partial charge in [-0.1, -0.05) is 0 Å². The van der Waals surface area contributed by atoms with Gasteiger partial charge in [0.1, 0.15) is 5.00 Å². The third-order valence-electron chi connectivity index (χ3n) is 3.51. The van der Waals surface area contributed by atoms with Crippen LogP contribution in [0.1, 0.15) is 27.7 Å². The van der Waals surface area contributed by atoms with E-state index in [1.165, 1.54) is 25.4 Å². The Morgan fingerprint density at radius 3 is 2.58 bits per heavy atom. The number of fused-ring (bicyclic) bond motifs is 1. The van der Waals surface area contributed by atoms with Crippen LogP contribution in [-0.2, 0) is 32.1 Å². The zero-order valence-corrected chi connectivity index (χ0v) is 13.9. The molecule has 24 heavy (non-hydrogen) atoms. The van der Waals surface area contributed by atoms with Gasteiger partial charge in [-0.3, -0.25) is 9.59 Å². The zero-order valence-electron chi connectivity index (χ0n) is 13.1. The molecule has 0 saturated heterocycles. The van der Waals surface area contributed by atoms with E-state index in [0.29, 0.717) is 25.6 Å². The second-order valence-electron chi connectivity index (χ2n) is 5.05. The largest absolute Gasteiger partial charge is 0.478 e. The molecule has 2 amide bonds. The Balaban J connectivity index is 2.34. The molecule has 0 saturated carbocycles. The number of nitrogens with one attached hydrogen (secondary N) is 1. The van der Waals surface area contributed by atoms with Crippen LogP contribution in [-0.4, -0.2) is 47.4 Å². The standard InChI is InChI=1S/C15H16N2O6S/c1-8(18)17-6-5-9-10(7-17)24-14(13(9)15(22)23-2)16-11(19)3-4-12(20)21/h3-4H,5-7H2,1-2H3,(H,16,19)(H,20,21)/b4-3+. The molecule has 0 fully saturated rings. The maximum atomic E-state index is 12.1. The van der Waals surface area contributed by atoms with E-state index >= 15 is 0 Å². The van der Waals surface area contributed by atoms with Crippen LogP contribution in [0.25, 0.3) is 0 Å². The number of carboxylic acid groups (broad SMARTS) is 1. The van der Waals surface area contributed by atoms with E-state index < -0.39 is 17.8 Å². The number of aliphatic carboxylic acids is 1. The molecular weight excluding hydrogens is 336 g/mol. The Morgan fingerprint density at radius 1 is 1.29 bits per heavy atom. The number of carbonyl (C=O) groups excluding carboxylic acids is 3. The SMILES string of the molecule is COC(=O)c1c(NC(=O)/C=C/C(=O)O)sc2c1CCN(C(C)=O)C2. The Morgan fingerprint density at radius 2 is 2.00 bits per heavy atom. The lowest BCUT2D eigenvalue weighted by atomic mass is 10.0. The molecule has 0 atom stereocenters. The van der Waals surface area contributed by atoms with Crippen molar-refractivity contribution in [2.75, 3.05) is 19.0 Å². The Bertz CT molecular complexity index is 737. The molecule has 8 nitrogen and oxygen atoms in total. The molecule has 1 aromatic heterocycles. The molecule has 1 aromatic rings. The molecule has 2 rings (SSSR count). The fourth-order valence-electron chi connectivity index (χ4n) is 2.38. The Labute approximate surface area is 141 Å². The van der Waals surface area contributed by atoms with Crippen molar-refractivity contribution in [3.63, 3.8) is 0 Å². The van der Waals surface area contributed by atoms with Gasteiger partial charge in [-0.25, -0.2) is 9.59 Å². The Hall–Kier alpha value is -2.68. The molecule has 1 aliphatic heterocycles. The molecule has 0 aliphatic carbocycles. The second kappa shape index (κ2) is 7.26. The van der Waals surface area contributed by atoms with Crippen LogP contribution in [0.2, 0.25) is 0 Å². The summed E-state index contributed by atoms with van der Waals surface area (Å²) in [6.07, 6.45) is 2.05. The molecule has 0 bridgehead atoms. The number of nitrogens with zero attached hydrogens (tertiary/aromatic N) is 1. The summed E-state index contributed by atoms with van der Waals surface area (Å²) in [7, 11) is 1.24. The Kier molecular flexibility index (Phi) is 5.35. The van der Waals surface area contributed by atoms with Gasteiger partial charge in [0.25, 0.3) is 0 Å². The first kappa shape index (κ1) is 17.7. The van der Waals surface area contributed by atoms with E-state index in [1.54, 1.807) is 4.90 Å². The molecular formula is C15H16N2O6S. The molecule has 0 unspecified atom stereocenters. The highest BCUT2D eigenvalue weighted by atomic mass is 32.1. The molecule has 2 N–H and O–H groups in total. The monoisotopic (exact) mass is 352 g/mol. The first-order valence-corrected chi connectivity index (χ1v) is 7.85. The van der Waals surface area contributed by atoms with Gasteiger partial charge in [0.05, 0.1) is 19.2 Å². The van der Waals surface area contributed by atoms with E-state index in [4.69, 9.17) is 9.84 Å². The van der Waals surface area contributed by atoms with Crippen molar-refractivity contribution < 1.29 is 29.0 Å². The summed E-state index contributed by atoms with van der Waals surface area (Å²) >= 11 is 1.18. The van der Waals surface area contributed by atoms with Crippen molar-refractivity contribution in [2.45, 2.75) is 19.9 Å². The van der Waals surface area contributed by atoms with Crippen LogP contribution in [0.4, 0.5) is 5.00 Å². The smallest absolute Gasteiger partial charge is 0.341 e. The van der Waals surface area contributed by atoms with Crippen molar-refractivity contribution >= 4 is 40.1 Å². The summed E-state index contributed by atoms with van der Waals surface area (Å²) in [5, 5.41) is 11.3. The predicted molar refractivity (Wildman–Crippen MR) is 85.9 cm³/mol. The minimum atomic E-state index is -1.25. The minimum absolute atomic E-state index is 0.0661. The predicted octanol–water partition coefficient (Wildman–Crippen LogP) is 1.02. The molecule has 9 heteroatoms. The van der Waals surface area contributed by atoms with Gasteiger partial charge in [-0.15, -0.1) is 11.3 Å². The number of amides is 2. The highest BCUT2D eigenvalue weighted by Gasteiger charge is 2.29.